The number of nitrogens with zero attached hydrogens (tertiary/aromatic N) is 2. The lowest BCUT2D eigenvalue weighted by Gasteiger charge is -2.25. The zero-order valence-electron chi connectivity index (χ0n) is 17.6. The Bertz CT molecular complexity index is 1130. The summed E-state index contributed by atoms with van der Waals surface area (Å²) in [7, 11) is -0.859. The van der Waals surface area contributed by atoms with Gasteiger partial charge in [0, 0.05) is 35.6 Å². The molecule has 32 heavy (non-hydrogen) atoms. The lowest BCUT2D eigenvalue weighted by molar-refractivity contribution is -0.384. The van der Waals surface area contributed by atoms with Crippen LogP contribution in [-0.2, 0) is 21.8 Å². The maximum absolute atomic E-state index is 15.0. The van der Waals surface area contributed by atoms with Crippen LogP contribution in [0.2, 0.25) is 0 Å². The van der Waals surface area contributed by atoms with Crippen LogP contribution in [0.3, 0.4) is 0 Å². The standard InChI is InChI=1S/C21H21F2N2O6P/c1-4-29-32(30-5-2)21(22,23)15-6-11-18-14(12-15)13-19(24(18)3)20(26)31-17-9-7-16(8-10-17)25(27)28/h6-13H,4-5H2,1-3H3. The molecule has 0 spiro atoms. The first-order valence-electron chi connectivity index (χ1n) is 9.69. The third kappa shape index (κ3) is 4.77. The van der Waals surface area contributed by atoms with Crippen LogP contribution < -0.4 is 4.74 Å². The van der Waals surface area contributed by atoms with Crippen molar-refractivity contribution in [1.82, 2.24) is 4.57 Å². The highest BCUT2D eigenvalue weighted by atomic mass is 31.2. The Morgan fingerprint density at radius 3 is 2.28 bits per heavy atom. The Balaban J connectivity index is 1.89. The first kappa shape index (κ1) is 23.7. The average molecular weight is 466 g/mol. The largest absolute Gasteiger partial charge is 0.422 e. The van der Waals surface area contributed by atoms with E-state index in [4.69, 9.17) is 13.8 Å². The van der Waals surface area contributed by atoms with Crippen LogP contribution in [0.1, 0.15) is 29.9 Å². The molecule has 2 aromatic carbocycles. The Labute approximate surface area is 183 Å². The third-order valence-corrected chi connectivity index (χ3v) is 6.28. The second-order valence-corrected chi connectivity index (χ2v) is 8.23. The molecular weight excluding hydrogens is 445 g/mol. The highest BCUT2D eigenvalue weighted by molar-refractivity contribution is 7.48. The SMILES string of the molecule is CCOP(OCC)C(F)(F)c1ccc2c(c1)cc(C(=O)Oc1ccc([N+](=O)[O-])cc1)n2C. The van der Waals surface area contributed by atoms with Crippen molar-refractivity contribution in [1.29, 1.82) is 0 Å². The number of aromatic nitrogens is 1. The molecule has 0 atom stereocenters. The van der Waals surface area contributed by atoms with E-state index in [9.17, 15) is 23.7 Å². The highest BCUT2D eigenvalue weighted by Gasteiger charge is 2.45. The molecule has 1 heterocycles. The van der Waals surface area contributed by atoms with Gasteiger partial charge in [0.2, 0.25) is 0 Å². The lowest BCUT2D eigenvalue weighted by Crippen LogP contribution is -2.14. The molecule has 0 saturated heterocycles. The maximum Gasteiger partial charge on any atom is 0.360 e. The second-order valence-electron chi connectivity index (χ2n) is 6.64. The van der Waals surface area contributed by atoms with Gasteiger partial charge in [-0.15, -0.1) is 0 Å². The minimum atomic E-state index is -3.34. The summed E-state index contributed by atoms with van der Waals surface area (Å²) in [4.78, 5) is 22.8. The van der Waals surface area contributed by atoms with Crippen molar-refractivity contribution >= 4 is 30.9 Å². The fourth-order valence-electron chi connectivity index (χ4n) is 3.07. The van der Waals surface area contributed by atoms with E-state index < -0.39 is 24.9 Å². The molecule has 0 N–H and O–H groups in total. The Hall–Kier alpha value is -2.94. The summed E-state index contributed by atoms with van der Waals surface area (Å²) in [5.41, 5.74) is -3.07. The number of nitro benzene ring substituents is 1. The van der Waals surface area contributed by atoms with Crippen LogP contribution in [0.5, 0.6) is 5.75 Å². The van der Waals surface area contributed by atoms with Crippen molar-refractivity contribution in [3.63, 3.8) is 0 Å². The van der Waals surface area contributed by atoms with Gasteiger partial charge in [-0.2, -0.15) is 8.78 Å². The summed E-state index contributed by atoms with van der Waals surface area (Å²) >= 11 is 0. The molecule has 11 heteroatoms. The predicted molar refractivity (Wildman–Crippen MR) is 115 cm³/mol. The van der Waals surface area contributed by atoms with Crippen LogP contribution in [0.4, 0.5) is 14.5 Å². The Morgan fingerprint density at radius 2 is 1.72 bits per heavy atom. The van der Waals surface area contributed by atoms with Gasteiger partial charge in [0.15, 0.2) is 0 Å². The third-order valence-electron chi connectivity index (χ3n) is 4.58. The summed E-state index contributed by atoms with van der Waals surface area (Å²) in [6.45, 7) is 3.42. The van der Waals surface area contributed by atoms with Crippen LogP contribution in [0, 0.1) is 10.1 Å². The monoisotopic (exact) mass is 466 g/mol. The molecule has 1 aromatic heterocycles. The number of esters is 1. The van der Waals surface area contributed by atoms with Crippen molar-refractivity contribution in [2.75, 3.05) is 13.2 Å². The van der Waals surface area contributed by atoms with Gasteiger partial charge >= 0.3 is 11.6 Å². The molecule has 0 bridgehead atoms. The Kier molecular flexibility index (Phi) is 7.18. The van der Waals surface area contributed by atoms with Gasteiger partial charge in [-0.05, 0) is 44.2 Å². The predicted octanol–water partition coefficient (Wildman–Crippen LogP) is 5.74. The minimum absolute atomic E-state index is 0.0908. The molecule has 0 unspecified atom stereocenters. The number of hydrogen-bond acceptors (Lipinski definition) is 6. The number of halogens is 2. The average Bonchev–Trinajstić information content (AvgIpc) is 3.10. The van der Waals surface area contributed by atoms with E-state index in [1.165, 1.54) is 53.1 Å². The number of non-ortho nitro benzene ring substituents is 1. The minimum Gasteiger partial charge on any atom is -0.422 e. The van der Waals surface area contributed by atoms with Crippen LogP contribution >= 0.6 is 8.38 Å². The van der Waals surface area contributed by atoms with Gasteiger partial charge in [0.05, 0.1) is 18.1 Å². The van der Waals surface area contributed by atoms with Gasteiger partial charge in [0.1, 0.15) is 11.4 Å². The number of ether oxygens (including phenoxy) is 1. The fourth-order valence-corrected chi connectivity index (χ4v) is 4.28. The molecule has 0 amide bonds. The van der Waals surface area contributed by atoms with Gasteiger partial charge < -0.3 is 18.4 Å². The summed E-state index contributed by atoms with van der Waals surface area (Å²) in [5.74, 6) is -0.603. The van der Waals surface area contributed by atoms with Crippen molar-refractivity contribution in [3.8, 4) is 5.75 Å². The van der Waals surface area contributed by atoms with E-state index in [0.29, 0.717) is 10.9 Å². The van der Waals surface area contributed by atoms with Crippen LogP contribution in [0.15, 0.2) is 48.5 Å². The summed E-state index contributed by atoms with van der Waals surface area (Å²) < 4.78 is 47.1. The molecule has 0 fully saturated rings. The van der Waals surface area contributed by atoms with Crippen molar-refractivity contribution < 1.29 is 32.3 Å². The van der Waals surface area contributed by atoms with Gasteiger partial charge in [-0.1, -0.05) is 6.07 Å². The van der Waals surface area contributed by atoms with Crippen molar-refractivity contribution in [2.24, 2.45) is 7.05 Å². The maximum atomic E-state index is 15.0. The molecule has 0 aliphatic rings. The number of fused-ring (bicyclic) bond motifs is 1. The zero-order valence-corrected chi connectivity index (χ0v) is 18.5. The molecule has 0 aliphatic heterocycles. The lowest BCUT2D eigenvalue weighted by atomic mass is 10.1. The number of alkyl halides is 2. The zero-order chi connectivity index (χ0) is 23.5. The topological polar surface area (TPSA) is 92.8 Å². The normalized spacial score (nSPS) is 11.8. The molecule has 170 valence electrons. The fraction of sp³-hybridized carbons (Fsp3) is 0.286. The van der Waals surface area contributed by atoms with E-state index in [0.717, 1.165) is 0 Å². The number of nitro groups is 1. The summed E-state index contributed by atoms with van der Waals surface area (Å²) in [6.07, 6.45) is 0. The van der Waals surface area contributed by atoms with E-state index >= 15 is 0 Å². The molecule has 0 aliphatic carbocycles. The highest BCUT2D eigenvalue weighted by Crippen LogP contribution is 2.60. The first-order valence-corrected chi connectivity index (χ1v) is 10.9. The second kappa shape index (κ2) is 9.68. The van der Waals surface area contributed by atoms with Crippen LogP contribution in [0.25, 0.3) is 10.9 Å². The molecular formula is C21H21F2N2O6P. The summed E-state index contributed by atoms with van der Waals surface area (Å²) in [5, 5.41) is 11.2. The number of carbonyl (C=O) groups is 1. The molecule has 0 radical (unpaired) electrons. The molecule has 0 saturated carbocycles. The van der Waals surface area contributed by atoms with E-state index in [1.807, 2.05) is 0 Å². The van der Waals surface area contributed by atoms with Crippen molar-refractivity contribution in [3.05, 3.63) is 69.9 Å². The van der Waals surface area contributed by atoms with Crippen molar-refractivity contribution in [2.45, 2.75) is 19.5 Å². The van der Waals surface area contributed by atoms with Gasteiger partial charge in [-0.3, -0.25) is 10.1 Å². The Morgan fingerprint density at radius 1 is 1.09 bits per heavy atom. The molecule has 8 nitrogen and oxygen atoms in total. The molecule has 3 rings (SSSR count). The number of aryl methyl sites for hydroxylation is 1. The number of carbonyl (C=O) groups excluding carboxylic acids is 1. The van der Waals surface area contributed by atoms with E-state index in [-0.39, 0.29) is 35.9 Å². The summed E-state index contributed by atoms with van der Waals surface area (Å²) in [6, 6.07) is 10.6. The van der Waals surface area contributed by atoms with Crippen LogP contribution in [-0.4, -0.2) is 28.7 Å². The van der Waals surface area contributed by atoms with Gasteiger partial charge in [0.25, 0.3) is 14.1 Å². The van der Waals surface area contributed by atoms with E-state index in [1.54, 1.807) is 20.9 Å². The van der Waals surface area contributed by atoms with Gasteiger partial charge in [-0.25, -0.2) is 4.79 Å². The number of benzene rings is 2. The smallest absolute Gasteiger partial charge is 0.360 e. The molecule has 3 aromatic rings. The first-order chi connectivity index (χ1) is 15.2. The number of hydrogen-bond donors (Lipinski definition) is 0. The van der Waals surface area contributed by atoms with E-state index in [2.05, 4.69) is 0 Å². The quantitative estimate of drug-likeness (QED) is 0.131. The number of rotatable bonds is 9.